The van der Waals surface area contributed by atoms with Gasteiger partial charge in [-0.1, -0.05) is 6.42 Å². The molecule has 0 spiro atoms. The number of ether oxygens (including phenoxy) is 1. The number of piperidine rings is 1. The van der Waals surface area contributed by atoms with Gasteiger partial charge >= 0.3 is 11.9 Å². The Balaban J connectivity index is 2.55. The second kappa shape index (κ2) is 7.40. The van der Waals surface area contributed by atoms with Crippen LogP contribution in [0, 0.1) is 0 Å². The number of hydrogen-bond donors (Lipinski definition) is 3. The van der Waals surface area contributed by atoms with Gasteiger partial charge in [0.2, 0.25) is 5.91 Å². The zero-order valence-electron chi connectivity index (χ0n) is 12.8. The molecule has 21 heavy (non-hydrogen) atoms. The topological polar surface area (TPSA) is 105 Å². The van der Waals surface area contributed by atoms with Gasteiger partial charge in [0.25, 0.3) is 0 Å². The van der Waals surface area contributed by atoms with E-state index in [4.69, 9.17) is 9.84 Å². The van der Waals surface area contributed by atoms with Crippen molar-refractivity contribution in [2.75, 3.05) is 6.54 Å². The van der Waals surface area contributed by atoms with Gasteiger partial charge in [0.05, 0.1) is 12.5 Å². The molecule has 3 N–H and O–H groups in total. The monoisotopic (exact) mass is 300 g/mol. The van der Waals surface area contributed by atoms with E-state index >= 15 is 0 Å². The van der Waals surface area contributed by atoms with Crippen LogP contribution < -0.4 is 10.6 Å². The maximum Gasteiger partial charge on any atom is 0.326 e. The minimum Gasteiger partial charge on any atom is -0.480 e. The standard InChI is InChI=1S/C14H24N2O5/c1-14(2,3)21-11(17)8-10(13(19)20)16-12(18)9-6-4-5-7-15-9/h9-10,15H,4-8H2,1-3H3,(H,16,18)(H,19,20)/t9-,10-/m0/s1. The second-order valence-corrected chi connectivity index (χ2v) is 6.19. The summed E-state index contributed by atoms with van der Waals surface area (Å²) in [7, 11) is 0. The number of hydrogen-bond acceptors (Lipinski definition) is 5. The van der Waals surface area contributed by atoms with Crippen molar-refractivity contribution in [3.05, 3.63) is 0 Å². The quantitative estimate of drug-likeness (QED) is 0.636. The van der Waals surface area contributed by atoms with Crippen LogP contribution in [0.15, 0.2) is 0 Å². The molecule has 0 saturated carbocycles. The van der Waals surface area contributed by atoms with Crippen LogP contribution in [0.2, 0.25) is 0 Å². The van der Waals surface area contributed by atoms with Crippen LogP contribution in [0.3, 0.4) is 0 Å². The molecule has 1 aliphatic heterocycles. The van der Waals surface area contributed by atoms with E-state index in [1.165, 1.54) is 0 Å². The number of esters is 1. The van der Waals surface area contributed by atoms with Gasteiger partial charge in [-0.3, -0.25) is 9.59 Å². The molecule has 1 rings (SSSR count). The van der Waals surface area contributed by atoms with E-state index in [9.17, 15) is 14.4 Å². The van der Waals surface area contributed by atoms with Crippen molar-refractivity contribution in [2.45, 2.75) is 64.1 Å². The molecule has 7 heteroatoms. The zero-order valence-corrected chi connectivity index (χ0v) is 12.8. The number of aliphatic carboxylic acids is 1. The van der Waals surface area contributed by atoms with Gasteiger partial charge in [-0.25, -0.2) is 4.79 Å². The summed E-state index contributed by atoms with van der Waals surface area (Å²) in [6.07, 6.45) is 2.22. The first-order valence-corrected chi connectivity index (χ1v) is 7.17. The molecule has 1 saturated heterocycles. The van der Waals surface area contributed by atoms with Crippen molar-refractivity contribution in [3.63, 3.8) is 0 Å². The Morgan fingerprint density at radius 3 is 2.48 bits per heavy atom. The number of carbonyl (C=O) groups excluding carboxylic acids is 2. The molecule has 0 bridgehead atoms. The molecule has 1 heterocycles. The highest BCUT2D eigenvalue weighted by molar-refractivity contribution is 5.89. The molecule has 0 unspecified atom stereocenters. The summed E-state index contributed by atoms with van der Waals surface area (Å²) in [5, 5.41) is 14.6. The van der Waals surface area contributed by atoms with E-state index < -0.39 is 23.6 Å². The SMILES string of the molecule is CC(C)(C)OC(=O)C[C@H](NC(=O)[C@@H]1CCCCN1)C(=O)O. The van der Waals surface area contributed by atoms with E-state index in [1.54, 1.807) is 20.8 Å². The van der Waals surface area contributed by atoms with Crippen LogP contribution in [0.4, 0.5) is 0 Å². The average Bonchev–Trinajstić information content (AvgIpc) is 2.36. The fraction of sp³-hybridized carbons (Fsp3) is 0.786. The third-order valence-corrected chi connectivity index (χ3v) is 3.03. The smallest absolute Gasteiger partial charge is 0.326 e. The second-order valence-electron chi connectivity index (χ2n) is 6.19. The van der Waals surface area contributed by atoms with Crippen molar-refractivity contribution >= 4 is 17.8 Å². The van der Waals surface area contributed by atoms with Crippen molar-refractivity contribution in [1.29, 1.82) is 0 Å². The van der Waals surface area contributed by atoms with E-state index in [-0.39, 0.29) is 18.4 Å². The molecule has 1 fully saturated rings. The van der Waals surface area contributed by atoms with Crippen molar-refractivity contribution in [1.82, 2.24) is 10.6 Å². The molecular weight excluding hydrogens is 276 g/mol. The van der Waals surface area contributed by atoms with Gasteiger partial charge in [0.15, 0.2) is 0 Å². The highest BCUT2D eigenvalue weighted by Crippen LogP contribution is 2.11. The Labute approximate surface area is 124 Å². The fourth-order valence-electron chi connectivity index (χ4n) is 2.10. The first-order valence-electron chi connectivity index (χ1n) is 7.17. The van der Waals surface area contributed by atoms with Crippen LogP contribution in [0.25, 0.3) is 0 Å². The minimum absolute atomic E-state index is 0.384. The zero-order chi connectivity index (χ0) is 16.0. The Morgan fingerprint density at radius 2 is 2.00 bits per heavy atom. The highest BCUT2D eigenvalue weighted by atomic mass is 16.6. The molecule has 0 aromatic heterocycles. The van der Waals surface area contributed by atoms with E-state index in [1.807, 2.05) is 0 Å². The maximum absolute atomic E-state index is 12.0. The molecule has 2 atom stereocenters. The van der Waals surface area contributed by atoms with Crippen LogP contribution in [-0.4, -0.2) is 47.2 Å². The summed E-state index contributed by atoms with van der Waals surface area (Å²) in [4.78, 5) is 34.8. The molecule has 7 nitrogen and oxygen atoms in total. The minimum atomic E-state index is -1.27. The van der Waals surface area contributed by atoms with Crippen LogP contribution in [0.1, 0.15) is 46.5 Å². The number of amides is 1. The summed E-state index contributed by atoms with van der Waals surface area (Å²) < 4.78 is 5.08. The Hall–Kier alpha value is -1.63. The Kier molecular flexibility index (Phi) is 6.14. The van der Waals surface area contributed by atoms with Gasteiger partial charge in [-0.2, -0.15) is 0 Å². The number of nitrogens with one attached hydrogen (secondary N) is 2. The Morgan fingerprint density at radius 1 is 1.33 bits per heavy atom. The molecule has 0 aliphatic carbocycles. The number of carboxylic acids is 1. The first-order chi connectivity index (χ1) is 9.69. The number of rotatable bonds is 5. The molecule has 0 aromatic rings. The van der Waals surface area contributed by atoms with Crippen molar-refractivity contribution in [2.24, 2.45) is 0 Å². The lowest BCUT2D eigenvalue weighted by molar-refractivity contribution is -0.158. The number of carbonyl (C=O) groups is 3. The molecule has 0 radical (unpaired) electrons. The van der Waals surface area contributed by atoms with Gasteiger partial charge in [-0.15, -0.1) is 0 Å². The van der Waals surface area contributed by atoms with E-state index in [0.717, 1.165) is 19.4 Å². The van der Waals surface area contributed by atoms with Crippen molar-refractivity contribution in [3.8, 4) is 0 Å². The summed E-state index contributed by atoms with van der Waals surface area (Å²) in [5.74, 6) is -2.28. The van der Waals surface area contributed by atoms with Crippen LogP contribution in [-0.2, 0) is 19.1 Å². The third-order valence-electron chi connectivity index (χ3n) is 3.03. The summed E-state index contributed by atoms with van der Waals surface area (Å²) >= 11 is 0. The molecule has 120 valence electrons. The summed E-state index contributed by atoms with van der Waals surface area (Å²) in [5.41, 5.74) is -0.685. The van der Waals surface area contributed by atoms with Gasteiger partial charge in [-0.05, 0) is 40.2 Å². The predicted octanol–water partition coefficient (Wildman–Crippen LogP) is 0.430. The van der Waals surface area contributed by atoms with Crippen molar-refractivity contribution < 1.29 is 24.2 Å². The van der Waals surface area contributed by atoms with Gasteiger partial charge < -0.3 is 20.5 Å². The van der Waals surface area contributed by atoms with Gasteiger partial charge in [0.1, 0.15) is 11.6 Å². The Bertz CT molecular complexity index is 397. The summed E-state index contributed by atoms with van der Waals surface area (Å²) in [6, 6.07) is -1.66. The van der Waals surface area contributed by atoms with Gasteiger partial charge in [0, 0.05) is 0 Å². The first kappa shape index (κ1) is 17.4. The van der Waals surface area contributed by atoms with E-state index in [2.05, 4.69) is 10.6 Å². The largest absolute Gasteiger partial charge is 0.480 e. The maximum atomic E-state index is 12.0. The highest BCUT2D eigenvalue weighted by Gasteiger charge is 2.29. The third kappa shape index (κ3) is 6.57. The lowest BCUT2D eigenvalue weighted by Gasteiger charge is -2.25. The lowest BCUT2D eigenvalue weighted by Crippen LogP contribution is -2.52. The molecular formula is C14H24N2O5. The van der Waals surface area contributed by atoms with E-state index in [0.29, 0.717) is 6.42 Å². The number of carboxylic acid groups (broad SMARTS) is 1. The molecule has 0 aromatic carbocycles. The average molecular weight is 300 g/mol. The summed E-state index contributed by atoms with van der Waals surface area (Å²) in [6.45, 7) is 5.84. The molecule has 1 aliphatic rings. The normalized spacial score (nSPS) is 20.4. The lowest BCUT2D eigenvalue weighted by atomic mass is 10.0. The fourth-order valence-corrected chi connectivity index (χ4v) is 2.10. The van der Waals surface area contributed by atoms with Crippen LogP contribution >= 0.6 is 0 Å². The molecule has 1 amide bonds. The van der Waals surface area contributed by atoms with Crippen LogP contribution in [0.5, 0.6) is 0 Å². The predicted molar refractivity (Wildman–Crippen MR) is 75.7 cm³/mol.